The van der Waals surface area contributed by atoms with E-state index < -0.39 is 6.67 Å². The number of anilines is 1. The largest absolute Gasteiger partial charge is 0.356 e. The minimum Gasteiger partial charge on any atom is -0.356 e. The van der Waals surface area contributed by atoms with E-state index >= 15 is 0 Å². The van der Waals surface area contributed by atoms with Gasteiger partial charge >= 0.3 is 0 Å². The summed E-state index contributed by atoms with van der Waals surface area (Å²) in [7, 11) is 1.76. The highest BCUT2D eigenvalue weighted by Gasteiger charge is 2.16. The summed E-state index contributed by atoms with van der Waals surface area (Å²) < 4.78 is 14.8. The predicted octanol–water partition coefficient (Wildman–Crippen LogP) is 5.07. The van der Waals surface area contributed by atoms with Crippen molar-refractivity contribution < 1.29 is 9.18 Å². The Morgan fingerprint density at radius 2 is 1.75 bits per heavy atom. The smallest absolute Gasteiger partial charge is 0.257 e. The van der Waals surface area contributed by atoms with Crippen LogP contribution in [-0.2, 0) is 13.7 Å². The SMILES string of the molecule is Cn1cc(CF)c(C(=O)Nc2ccccc2-c2ccccc2Cl)c1. The molecule has 0 aliphatic carbocycles. The number of aromatic nitrogens is 1. The van der Waals surface area contributed by atoms with Crippen LogP contribution in [0.15, 0.2) is 60.9 Å². The molecule has 2 aromatic carbocycles. The second-order valence-corrected chi connectivity index (χ2v) is 5.88. The van der Waals surface area contributed by atoms with Crippen LogP contribution in [0.4, 0.5) is 10.1 Å². The van der Waals surface area contributed by atoms with Gasteiger partial charge in [0.2, 0.25) is 0 Å². The Morgan fingerprint density at radius 3 is 2.46 bits per heavy atom. The van der Waals surface area contributed by atoms with Gasteiger partial charge < -0.3 is 9.88 Å². The average Bonchev–Trinajstić information content (AvgIpc) is 2.97. The van der Waals surface area contributed by atoms with Gasteiger partial charge in [0.25, 0.3) is 5.91 Å². The molecule has 5 heteroatoms. The second kappa shape index (κ2) is 6.89. The number of para-hydroxylation sites is 1. The van der Waals surface area contributed by atoms with Crippen LogP contribution < -0.4 is 5.32 Å². The van der Waals surface area contributed by atoms with E-state index in [1.807, 2.05) is 36.4 Å². The summed E-state index contributed by atoms with van der Waals surface area (Å²) in [5, 5.41) is 3.46. The van der Waals surface area contributed by atoms with Crippen molar-refractivity contribution in [3.63, 3.8) is 0 Å². The van der Waals surface area contributed by atoms with E-state index in [0.717, 1.165) is 11.1 Å². The molecule has 0 unspecified atom stereocenters. The summed E-state index contributed by atoms with van der Waals surface area (Å²) in [5.41, 5.74) is 2.96. The van der Waals surface area contributed by atoms with Crippen LogP contribution in [-0.4, -0.2) is 10.5 Å². The predicted molar refractivity (Wildman–Crippen MR) is 95.1 cm³/mol. The molecule has 122 valence electrons. The first kappa shape index (κ1) is 16.3. The topological polar surface area (TPSA) is 34.0 Å². The number of nitrogens with one attached hydrogen (secondary N) is 1. The van der Waals surface area contributed by atoms with Crippen LogP contribution >= 0.6 is 11.6 Å². The number of carbonyl (C=O) groups excluding carboxylic acids is 1. The third kappa shape index (κ3) is 3.19. The summed E-state index contributed by atoms with van der Waals surface area (Å²) in [4.78, 5) is 12.6. The molecule has 0 aliphatic rings. The first-order valence-electron chi connectivity index (χ1n) is 7.46. The van der Waals surface area contributed by atoms with Crippen LogP contribution in [0.1, 0.15) is 15.9 Å². The number of nitrogens with zero attached hydrogens (tertiary/aromatic N) is 1. The Bertz CT molecular complexity index is 889. The second-order valence-electron chi connectivity index (χ2n) is 5.48. The number of rotatable bonds is 4. The number of halogens is 2. The molecule has 0 spiro atoms. The standard InChI is InChI=1S/C19H16ClFN2O/c1-23-11-13(10-21)16(12-23)19(24)22-18-9-5-3-7-15(18)14-6-2-4-8-17(14)20/h2-9,11-12H,10H2,1H3,(H,22,24). The molecular formula is C19H16ClFN2O. The molecular weight excluding hydrogens is 327 g/mol. The number of aryl methyl sites for hydroxylation is 1. The Balaban J connectivity index is 1.97. The van der Waals surface area contributed by atoms with Crippen LogP contribution in [0.2, 0.25) is 5.02 Å². The van der Waals surface area contributed by atoms with Crippen molar-refractivity contribution in [2.75, 3.05) is 5.32 Å². The maximum absolute atomic E-state index is 13.1. The van der Waals surface area contributed by atoms with E-state index in [2.05, 4.69) is 5.32 Å². The van der Waals surface area contributed by atoms with E-state index in [-0.39, 0.29) is 5.91 Å². The fourth-order valence-corrected chi connectivity index (χ4v) is 2.88. The first-order valence-corrected chi connectivity index (χ1v) is 7.84. The third-order valence-corrected chi connectivity index (χ3v) is 4.10. The molecule has 0 bridgehead atoms. The lowest BCUT2D eigenvalue weighted by atomic mass is 10.0. The van der Waals surface area contributed by atoms with E-state index in [1.165, 1.54) is 0 Å². The molecule has 1 heterocycles. The number of alkyl halides is 1. The molecule has 0 saturated carbocycles. The van der Waals surface area contributed by atoms with Gasteiger partial charge in [0.1, 0.15) is 6.67 Å². The molecule has 0 aliphatic heterocycles. The Kier molecular flexibility index (Phi) is 4.67. The van der Waals surface area contributed by atoms with Crippen molar-refractivity contribution in [3.05, 3.63) is 77.1 Å². The molecule has 0 atom stereocenters. The lowest BCUT2D eigenvalue weighted by Gasteiger charge is -2.12. The number of amides is 1. The van der Waals surface area contributed by atoms with Crippen molar-refractivity contribution in [2.24, 2.45) is 7.05 Å². The maximum atomic E-state index is 13.1. The van der Waals surface area contributed by atoms with Gasteiger partial charge in [0, 0.05) is 46.8 Å². The average molecular weight is 343 g/mol. The van der Waals surface area contributed by atoms with Crippen molar-refractivity contribution in [1.29, 1.82) is 0 Å². The summed E-state index contributed by atoms with van der Waals surface area (Å²) in [6.07, 6.45) is 3.22. The molecule has 3 rings (SSSR count). The normalized spacial score (nSPS) is 10.6. The van der Waals surface area contributed by atoms with Crippen LogP contribution in [0.5, 0.6) is 0 Å². The van der Waals surface area contributed by atoms with Crippen LogP contribution in [0, 0.1) is 0 Å². The van der Waals surface area contributed by atoms with Gasteiger partial charge in [0.15, 0.2) is 0 Å². The summed E-state index contributed by atoms with van der Waals surface area (Å²) >= 11 is 6.27. The Labute approximate surface area is 144 Å². The number of hydrogen-bond donors (Lipinski definition) is 1. The minimum absolute atomic E-state index is 0.328. The molecule has 1 amide bonds. The highest BCUT2D eigenvalue weighted by Crippen LogP contribution is 2.33. The molecule has 0 saturated heterocycles. The van der Waals surface area contributed by atoms with Crippen LogP contribution in [0.25, 0.3) is 11.1 Å². The third-order valence-electron chi connectivity index (χ3n) is 3.77. The Morgan fingerprint density at radius 1 is 1.08 bits per heavy atom. The fraction of sp³-hybridized carbons (Fsp3) is 0.105. The highest BCUT2D eigenvalue weighted by molar-refractivity contribution is 6.33. The summed E-state index contributed by atoms with van der Waals surface area (Å²) in [6, 6.07) is 14.8. The van der Waals surface area contributed by atoms with Crippen molar-refractivity contribution in [2.45, 2.75) is 6.67 Å². The van der Waals surface area contributed by atoms with E-state index in [0.29, 0.717) is 21.8 Å². The van der Waals surface area contributed by atoms with Crippen molar-refractivity contribution in [1.82, 2.24) is 4.57 Å². The molecule has 3 nitrogen and oxygen atoms in total. The minimum atomic E-state index is -0.685. The lowest BCUT2D eigenvalue weighted by molar-refractivity contribution is 0.102. The van der Waals surface area contributed by atoms with Gasteiger partial charge in [-0.05, 0) is 12.1 Å². The fourth-order valence-electron chi connectivity index (χ4n) is 2.65. The summed E-state index contributed by atoms with van der Waals surface area (Å²) in [6.45, 7) is -0.685. The number of hydrogen-bond acceptors (Lipinski definition) is 1. The highest BCUT2D eigenvalue weighted by atomic mass is 35.5. The zero-order chi connectivity index (χ0) is 17.1. The van der Waals surface area contributed by atoms with Gasteiger partial charge in [-0.15, -0.1) is 0 Å². The summed E-state index contributed by atoms with van der Waals surface area (Å²) in [5.74, 6) is -0.345. The van der Waals surface area contributed by atoms with Gasteiger partial charge in [-0.1, -0.05) is 48.0 Å². The van der Waals surface area contributed by atoms with Gasteiger partial charge in [0.05, 0.1) is 5.56 Å². The van der Waals surface area contributed by atoms with Gasteiger partial charge in [-0.3, -0.25) is 4.79 Å². The number of benzene rings is 2. The zero-order valence-corrected chi connectivity index (χ0v) is 13.8. The van der Waals surface area contributed by atoms with E-state index in [1.54, 1.807) is 36.1 Å². The molecule has 0 radical (unpaired) electrons. The zero-order valence-electron chi connectivity index (χ0n) is 13.1. The number of carbonyl (C=O) groups is 1. The maximum Gasteiger partial charge on any atom is 0.257 e. The molecule has 1 aromatic heterocycles. The van der Waals surface area contributed by atoms with Crippen LogP contribution in [0.3, 0.4) is 0 Å². The molecule has 0 fully saturated rings. The van der Waals surface area contributed by atoms with Crippen molar-refractivity contribution >= 4 is 23.2 Å². The molecule has 24 heavy (non-hydrogen) atoms. The van der Waals surface area contributed by atoms with E-state index in [4.69, 9.17) is 11.6 Å². The van der Waals surface area contributed by atoms with E-state index in [9.17, 15) is 9.18 Å². The molecule has 1 N–H and O–H groups in total. The quantitative estimate of drug-likeness (QED) is 0.706. The van der Waals surface area contributed by atoms with Gasteiger partial charge in [-0.25, -0.2) is 4.39 Å². The lowest BCUT2D eigenvalue weighted by Crippen LogP contribution is -2.13. The van der Waals surface area contributed by atoms with Crippen molar-refractivity contribution in [3.8, 4) is 11.1 Å². The monoisotopic (exact) mass is 342 g/mol. The first-order chi connectivity index (χ1) is 11.6. The van der Waals surface area contributed by atoms with Gasteiger partial charge in [-0.2, -0.15) is 0 Å². The Hall–Kier alpha value is -2.59. The molecule has 3 aromatic rings.